The molecule has 0 bridgehead atoms. The number of rotatable bonds is 29. The molecule has 0 N–H and O–H groups in total. The minimum absolute atomic E-state index is 0.252. The number of benzene rings is 5. The predicted octanol–water partition coefficient (Wildman–Crippen LogP) is 14.6. The molecule has 5 aromatic rings. The van der Waals surface area contributed by atoms with Gasteiger partial charge in [0.25, 0.3) is 0 Å². The van der Waals surface area contributed by atoms with Crippen molar-refractivity contribution in [3.05, 3.63) is 144 Å². The fourth-order valence-corrected chi connectivity index (χ4v) is 7.28. The molecule has 5 aromatic carbocycles. The highest BCUT2D eigenvalue weighted by atomic mass is 16.5. The average molecular weight is 883 g/mol. The maximum atomic E-state index is 13.1. The highest BCUT2D eigenvalue weighted by Crippen LogP contribution is 2.26. The van der Waals surface area contributed by atoms with Crippen LogP contribution < -0.4 is 18.9 Å². The lowest BCUT2D eigenvalue weighted by Crippen LogP contribution is -2.10. The molecule has 9 nitrogen and oxygen atoms in total. The highest BCUT2D eigenvalue weighted by molar-refractivity contribution is 5.94. The van der Waals surface area contributed by atoms with Crippen LogP contribution in [0.25, 0.3) is 11.1 Å². The van der Waals surface area contributed by atoms with Crippen LogP contribution in [0.1, 0.15) is 171 Å². The van der Waals surface area contributed by atoms with Crippen molar-refractivity contribution in [3.63, 3.8) is 0 Å². The summed E-state index contributed by atoms with van der Waals surface area (Å²) in [6.07, 6.45) is 23.1. The van der Waals surface area contributed by atoms with Crippen LogP contribution in [0.4, 0.5) is 0 Å². The Morgan fingerprint density at radius 1 is 0.338 bits per heavy atom. The molecule has 0 aromatic heterocycles. The third-order valence-electron chi connectivity index (χ3n) is 11.2. The Hall–Kier alpha value is -6.22. The average Bonchev–Trinajstić information content (AvgIpc) is 3.33. The molecule has 0 atom stereocenters. The summed E-state index contributed by atoms with van der Waals surface area (Å²) < 4.78 is 27.8. The van der Waals surface area contributed by atoms with E-state index in [2.05, 4.69) is 6.92 Å². The van der Waals surface area contributed by atoms with Gasteiger partial charge in [-0.15, -0.1) is 0 Å². The van der Waals surface area contributed by atoms with Crippen LogP contribution in [-0.2, 0) is 4.74 Å². The molecule has 0 aliphatic rings. The van der Waals surface area contributed by atoms with Gasteiger partial charge >= 0.3 is 23.9 Å². The molecular formula is C56H66O9. The lowest BCUT2D eigenvalue weighted by molar-refractivity contribution is 0.0499. The van der Waals surface area contributed by atoms with Gasteiger partial charge in [0, 0.05) is 0 Å². The van der Waals surface area contributed by atoms with Crippen LogP contribution in [0.5, 0.6) is 23.0 Å². The van der Waals surface area contributed by atoms with Gasteiger partial charge < -0.3 is 23.7 Å². The van der Waals surface area contributed by atoms with E-state index in [-0.39, 0.29) is 17.1 Å². The third kappa shape index (κ3) is 18.1. The molecule has 0 saturated heterocycles. The Morgan fingerprint density at radius 3 is 1.18 bits per heavy atom. The number of carbonyl (C=O) groups is 4. The number of unbranched alkanes of at least 4 members (excludes halogenated alkanes) is 16. The lowest BCUT2D eigenvalue weighted by Gasteiger charge is -2.09. The SMILES string of the molecule is CCCCCCCCCCCCCCCCCCOc1ccc(C(=O)Oc2ccc(-c3cccc(C(=O)Oc4ccc(C(=O)Oc5ccc(C(=O)OCCCC)cc5)cc4)c3)cc2)cc1. The Labute approximate surface area is 385 Å². The van der Waals surface area contributed by atoms with Crippen molar-refractivity contribution in [2.45, 2.75) is 129 Å². The maximum Gasteiger partial charge on any atom is 0.343 e. The van der Waals surface area contributed by atoms with Crippen molar-refractivity contribution in [3.8, 4) is 34.1 Å². The second-order valence-corrected chi connectivity index (χ2v) is 16.5. The van der Waals surface area contributed by atoms with E-state index in [4.69, 9.17) is 23.7 Å². The van der Waals surface area contributed by atoms with Gasteiger partial charge in [-0.2, -0.15) is 0 Å². The fourth-order valence-electron chi connectivity index (χ4n) is 7.28. The first-order valence-electron chi connectivity index (χ1n) is 23.8. The van der Waals surface area contributed by atoms with E-state index in [9.17, 15) is 19.2 Å². The topological polar surface area (TPSA) is 114 Å². The van der Waals surface area contributed by atoms with Crippen LogP contribution in [0.2, 0.25) is 0 Å². The summed E-state index contributed by atoms with van der Waals surface area (Å²) >= 11 is 0. The number of hydrogen-bond acceptors (Lipinski definition) is 9. The molecule has 344 valence electrons. The van der Waals surface area contributed by atoms with Gasteiger partial charge in [0.05, 0.1) is 35.5 Å². The molecule has 65 heavy (non-hydrogen) atoms. The van der Waals surface area contributed by atoms with Gasteiger partial charge in [-0.3, -0.25) is 0 Å². The van der Waals surface area contributed by atoms with Crippen LogP contribution in [0.3, 0.4) is 0 Å². The minimum Gasteiger partial charge on any atom is -0.494 e. The fraction of sp³-hybridized carbons (Fsp3) is 0.393. The van der Waals surface area contributed by atoms with E-state index in [1.54, 1.807) is 66.7 Å². The summed E-state index contributed by atoms with van der Waals surface area (Å²) in [5.74, 6) is -0.428. The second-order valence-electron chi connectivity index (χ2n) is 16.5. The summed E-state index contributed by atoms with van der Waals surface area (Å²) in [6, 6.07) is 33.3. The quantitative estimate of drug-likeness (QED) is 0.0263. The monoisotopic (exact) mass is 882 g/mol. The zero-order chi connectivity index (χ0) is 45.9. The molecule has 0 aliphatic carbocycles. The van der Waals surface area contributed by atoms with E-state index >= 15 is 0 Å². The molecule has 0 amide bonds. The normalized spacial score (nSPS) is 10.9. The maximum absolute atomic E-state index is 13.1. The van der Waals surface area contributed by atoms with Crippen molar-refractivity contribution in [2.24, 2.45) is 0 Å². The molecular weight excluding hydrogens is 817 g/mol. The van der Waals surface area contributed by atoms with E-state index in [1.807, 2.05) is 25.1 Å². The van der Waals surface area contributed by atoms with E-state index < -0.39 is 23.9 Å². The second kappa shape index (κ2) is 28.5. The van der Waals surface area contributed by atoms with Crippen LogP contribution in [0.15, 0.2) is 121 Å². The summed E-state index contributed by atoms with van der Waals surface area (Å²) in [5, 5.41) is 0. The number of ether oxygens (including phenoxy) is 5. The minimum atomic E-state index is -0.607. The number of esters is 4. The number of hydrogen-bond donors (Lipinski definition) is 0. The van der Waals surface area contributed by atoms with E-state index in [0.29, 0.717) is 35.7 Å². The Kier molecular flexibility index (Phi) is 21.9. The predicted molar refractivity (Wildman–Crippen MR) is 256 cm³/mol. The van der Waals surface area contributed by atoms with E-state index in [0.717, 1.165) is 42.6 Å². The smallest absolute Gasteiger partial charge is 0.343 e. The molecule has 0 radical (unpaired) electrons. The van der Waals surface area contributed by atoms with Gasteiger partial charge in [-0.05, 0) is 121 Å². The summed E-state index contributed by atoms with van der Waals surface area (Å²) in [6.45, 7) is 5.30. The van der Waals surface area contributed by atoms with Gasteiger partial charge in [0.1, 0.15) is 23.0 Å². The van der Waals surface area contributed by atoms with Crippen LogP contribution in [-0.4, -0.2) is 37.1 Å². The van der Waals surface area contributed by atoms with Gasteiger partial charge in [-0.25, -0.2) is 19.2 Å². The first kappa shape index (κ1) is 49.8. The Balaban J connectivity index is 0.971. The van der Waals surface area contributed by atoms with Crippen LogP contribution >= 0.6 is 0 Å². The van der Waals surface area contributed by atoms with Gasteiger partial charge in [-0.1, -0.05) is 141 Å². The molecule has 0 fully saturated rings. The van der Waals surface area contributed by atoms with Gasteiger partial charge in [0.2, 0.25) is 0 Å². The first-order valence-corrected chi connectivity index (χ1v) is 23.8. The number of carbonyl (C=O) groups excluding carboxylic acids is 4. The lowest BCUT2D eigenvalue weighted by atomic mass is 10.0. The molecule has 0 unspecified atom stereocenters. The molecule has 0 heterocycles. The zero-order valence-electron chi connectivity index (χ0n) is 38.4. The molecule has 0 aliphatic heterocycles. The standard InChI is InChI=1S/C56H66O9/c1-3-5-7-8-9-10-11-12-13-14-15-16-17-18-19-20-41-61-49-32-26-45(27-33-49)54(58)63-50-34-24-43(25-35-50)47-22-21-23-48(42-47)56(60)65-52-38-30-46(31-39-52)55(59)64-51-36-28-44(29-37-51)53(57)62-40-6-4-2/h21-39,42H,3-20,40-41H2,1-2H3. The Morgan fingerprint density at radius 2 is 0.723 bits per heavy atom. The molecule has 0 saturated carbocycles. The molecule has 9 heteroatoms. The summed E-state index contributed by atoms with van der Waals surface area (Å²) in [4.78, 5) is 50.9. The summed E-state index contributed by atoms with van der Waals surface area (Å²) in [7, 11) is 0. The zero-order valence-corrected chi connectivity index (χ0v) is 38.4. The summed E-state index contributed by atoms with van der Waals surface area (Å²) in [5.41, 5.74) is 2.96. The van der Waals surface area contributed by atoms with Crippen molar-refractivity contribution in [1.29, 1.82) is 0 Å². The molecule has 0 spiro atoms. The highest BCUT2D eigenvalue weighted by Gasteiger charge is 2.15. The Bertz CT molecular complexity index is 2180. The van der Waals surface area contributed by atoms with Crippen LogP contribution in [0, 0.1) is 0 Å². The van der Waals surface area contributed by atoms with Crippen molar-refractivity contribution < 1.29 is 42.9 Å². The first-order chi connectivity index (χ1) is 31.8. The van der Waals surface area contributed by atoms with Crippen molar-refractivity contribution >= 4 is 23.9 Å². The van der Waals surface area contributed by atoms with Crippen molar-refractivity contribution in [1.82, 2.24) is 0 Å². The van der Waals surface area contributed by atoms with Crippen molar-refractivity contribution in [2.75, 3.05) is 13.2 Å². The van der Waals surface area contributed by atoms with E-state index in [1.165, 1.54) is 126 Å². The van der Waals surface area contributed by atoms with Gasteiger partial charge in [0.15, 0.2) is 0 Å². The largest absolute Gasteiger partial charge is 0.494 e. The third-order valence-corrected chi connectivity index (χ3v) is 11.2. The molecule has 5 rings (SSSR count).